The molecular weight excluding hydrogens is 290 g/mol. The maximum absolute atomic E-state index is 12.1. The second kappa shape index (κ2) is 7.54. The largest absolute Gasteiger partial charge is 0.353 e. The average molecular weight is 320 g/mol. The molecule has 0 aromatic heterocycles. The molecule has 1 aromatic carbocycles. The minimum absolute atomic E-state index is 0.146. The first-order valence-corrected chi connectivity index (χ1v) is 9.38. The van der Waals surface area contributed by atoms with Crippen molar-refractivity contribution in [2.45, 2.75) is 76.2 Å². The highest BCUT2D eigenvalue weighted by molar-refractivity contribution is 8.00. The Morgan fingerprint density at radius 1 is 1.23 bits per heavy atom. The lowest BCUT2D eigenvalue weighted by Gasteiger charge is -2.23. The van der Waals surface area contributed by atoms with Gasteiger partial charge in [-0.25, -0.2) is 0 Å². The fraction of sp³-hybridized carbons (Fsp3) is 0.632. The Bertz CT molecular complexity index is 513. The van der Waals surface area contributed by atoms with E-state index in [0.29, 0.717) is 11.8 Å². The maximum atomic E-state index is 12.1. The number of nitrogens with one attached hydrogen (secondary N) is 1. The number of hydrogen-bond acceptors (Lipinski definition) is 2. The van der Waals surface area contributed by atoms with Crippen molar-refractivity contribution < 1.29 is 4.79 Å². The topological polar surface area (TPSA) is 29.1 Å². The molecule has 1 aliphatic carbocycles. The summed E-state index contributed by atoms with van der Waals surface area (Å²) in [5, 5.41) is 3.19. The molecule has 2 nitrogen and oxygen atoms in total. The Kier molecular flexibility index (Phi) is 5.96. The predicted octanol–water partition coefficient (Wildman–Crippen LogP) is 4.83. The Morgan fingerprint density at radius 3 is 2.55 bits per heavy atom. The van der Waals surface area contributed by atoms with E-state index in [1.165, 1.54) is 35.3 Å². The molecule has 0 atom stereocenters. The average Bonchev–Trinajstić information content (AvgIpc) is 2.46. The fourth-order valence-corrected chi connectivity index (χ4v) is 3.76. The molecule has 1 amide bonds. The molecule has 1 aliphatic rings. The van der Waals surface area contributed by atoms with Crippen molar-refractivity contribution in [3.63, 3.8) is 0 Å². The number of benzene rings is 1. The highest BCUT2D eigenvalue weighted by Crippen LogP contribution is 2.29. The summed E-state index contributed by atoms with van der Waals surface area (Å²) in [6.45, 7) is 8.79. The van der Waals surface area contributed by atoms with Crippen LogP contribution in [0.1, 0.15) is 64.0 Å². The van der Waals surface area contributed by atoms with Crippen LogP contribution in [0.2, 0.25) is 0 Å². The summed E-state index contributed by atoms with van der Waals surface area (Å²) in [6.07, 6.45) is 6.12. The van der Waals surface area contributed by atoms with E-state index in [9.17, 15) is 4.79 Å². The lowest BCUT2D eigenvalue weighted by Crippen LogP contribution is -2.37. The summed E-state index contributed by atoms with van der Waals surface area (Å²) in [4.78, 5) is 13.4. The van der Waals surface area contributed by atoms with E-state index in [4.69, 9.17) is 0 Å². The number of amides is 1. The minimum Gasteiger partial charge on any atom is -0.353 e. The van der Waals surface area contributed by atoms with Crippen molar-refractivity contribution in [3.8, 4) is 0 Å². The zero-order valence-electron chi connectivity index (χ0n) is 14.4. The van der Waals surface area contributed by atoms with Gasteiger partial charge >= 0.3 is 0 Å². The number of thioether (sulfide) groups is 1. The van der Waals surface area contributed by atoms with Crippen LogP contribution < -0.4 is 5.32 Å². The van der Waals surface area contributed by atoms with E-state index < -0.39 is 0 Å². The molecule has 1 saturated carbocycles. The van der Waals surface area contributed by atoms with Crippen LogP contribution in [0.4, 0.5) is 0 Å². The van der Waals surface area contributed by atoms with Crippen LogP contribution in [-0.2, 0) is 10.2 Å². The number of carbonyl (C=O) groups is 1. The lowest BCUT2D eigenvalue weighted by atomic mass is 9.87. The van der Waals surface area contributed by atoms with Crippen molar-refractivity contribution in [2.24, 2.45) is 0 Å². The van der Waals surface area contributed by atoms with Gasteiger partial charge in [0.1, 0.15) is 0 Å². The Hall–Kier alpha value is -0.960. The van der Waals surface area contributed by atoms with Gasteiger partial charge in [-0.1, -0.05) is 52.2 Å². The molecule has 1 aromatic rings. The summed E-state index contributed by atoms with van der Waals surface area (Å²) in [5.74, 6) is 0.697. The smallest absolute Gasteiger partial charge is 0.230 e. The molecule has 0 aliphatic heterocycles. The van der Waals surface area contributed by atoms with Crippen LogP contribution in [0.25, 0.3) is 0 Å². The van der Waals surface area contributed by atoms with Crippen molar-refractivity contribution in [3.05, 3.63) is 29.3 Å². The van der Waals surface area contributed by atoms with Gasteiger partial charge in [-0.3, -0.25) is 4.79 Å². The quantitative estimate of drug-likeness (QED) is 0.805. The Balaban J connectivity index is 1.91. The molecule has 0 bridgehead atoms. The minimum atomic E-state index is 0.146. The van der Waals surface area contributed by atoms with Gasteiger partial charge in [0.15, 0.2) is 0 Å². The molecule has 1 N–H and O–H groups in total. The molecule has 1 fully saturated rings. The van der Waals surface area contributed by atoms with E-state index >= 15 is 0 Å². The van der Waals surface area contributed by atoms with Gasteiger partial charge in [0.05, 0.1) is 5.75 Å². The number of rotatable bonds is 4. The third-order valence-electron chi connectivity index (χ3n) is 4.38. The molecule has 2 rings (SSSR count). The van der Waals surface area contributed by atoms with Gasteiger partial charge in [-0.2, -0.15) is 0 Å². The highest BCUT2D eigenvalue weighted by Gasteiger charge is 2.17. The molecule has 0 radical (unpaired) electrons. The third-order valence-corrected chi connectivity index (χ3v) is 5.54. The summed E-state index contributed by atoms with van der Waals surface area (Å²) in [5.41, 5.74) is 2.73. The molecule has 0 heterocycles. The van der Waals surface area contributed by atoms with Gasteiger partial charge in [-0.05, 0) is 42.4 Å². The lowest BCUT2D eigenvalue weighted by molar-refractivity contribution is -0.119. The summed E-state index contributed by atoms with van der Waals surface area (Å²) >= 11 is 1.66. The molecule has 0 spiro atoms. The summed E-state index contributed by atoms with van der Waals surface area (Å²) in [7, 11) is 0. The Morgan fingerprint density at radius 2 is 1.91 bits per heavy atom. The van der Waals surface area contributed by atoms with Gasteiger partial charge in [0.25, 0.3) is 0 Å². The van der Waals surface area contributed by atoms with E-state index in [2.05, 4.69) is 51.2 Å². The first kappa shape index (κ1) is 17.4. The standard InChI is InChI=1S/C19H29NOS/c1-14-10-11-15(19(2,3)4)12-17(14)22-13-18(21)20-16-8-6-5-7-9-16/h10-12,16H,5-9,13H2,1-4H3,(H,20,21). The van der Waals surface area contributed by atoms with Crippen LogP contribution in [0.5, 0.6) is 0 Å². The van der Waals surface area contributed by atoms with Crippen LogP contribution in [-0.4, -0.2) is 17.7 Å². The zero-order valence-corrected chi connectivity index (χ0v) is 15.2. The van der Waals surface area contributed by atoms with Gasteiger partial charge in [0, 0.05) is 10.9 Å². The molecule has 3 heteroatoms. The highest BCUT2D eigenvalue weighted by atomic mass is 32.2. The zero-order chi connectivity index (χ0) is 16.2. The number of hydrogen-bond donors (Lipinski definition) is 1. The van der Waals surface area contributed by atoms with Crippen LogP contribution in [0, 0.1) is 6.92 Å². The molecule has 0 saturated heterocycles. The van der Waals surface area contributed by atoms with Crippen molar-refractivity contribution in [1.82, 2.24) is 5.32 Å². The molecule has 0 unspecified atom stereocenters. The molecule has 122 valence electrons. The van der Waals surface area contributed by atoms with E-state index in [0.717, 1.165) is 12.8 Å². The number of carbonyl (C=O) groups excluding carboxylic acids is 1. The summed E-state index contributed by atoms with van der Waals surface area (Å²) in [6, 6.07) is 7.01. The summed E-state index contributed by atoms with van der Waals surface area (Å²) < 4.78 is 0. The van der Waals surface area contributed by atoms with Crippen molar-refractivity contribution in [1.29, 1.82) is 0 Å². The van der Waals surface area contributed by atoms with Crippen LogP contribution in [0.15, 0.2) is 23.1 Å². The third kappa shape index (κ3) is 5.05. The second-order valence-corrected chi connectivity index (χ2v) is 8.44. The number of aryl methyl sites for hydroxylation is 1. The van der Waals surface area contributed by atoms with Gasteiger partial charge in [0.2, 0.25) is 5.91 Å². The van der Waals surface area contributed by atoms with E-state index in [1.54, 1.807) is 11.8 Å². The monoisotopic (exact) mass is 319 g/mol. The first-order chi connectivity index (χ1) is 10.4. The van der Waals surface area contributed by atoms with Crippen molar-refractivity contribution in [2.75, 3.05) is 5.75 Å². The first-order valence-electron chi connectivity index (χ1n) is 8.39. The van der Waals surface area contributed by atoms with Crippen molar-refractivity contribution >= 4 is 17.7 Å². The maximum Gasteiger partial charge on any atom is 0.230 e. The SMILES string of the molecule is Cc1ccc(C(C)(C)C)cc1SCC(=O)NC1CCCCC1. The normalized spacial score (nSPS) is 16.5. The van der Waals surface area contributed by atoms with Gasteiger partial charge < -0.3 is 5.32 Å². The van der Waals surface area contributed by atoms with Crippen LogP contribution >= 0.6 is 11.8 Å². The van der Waals surface area contributed by atoms with Crippen LogP contribution in [0.3, 0.4) is 0 Å². The van der Waals surface area contributed by atoms with E-state index in [1.807, 2.05) is 0 Å². The predicted molar refractivity (Wildman–Crippen MR) is 95.6 cm³/mol. The second-order valence-electron chi connectivity index (χ2n) is 7.42. The van der Waals surface area contributed by atoms with E-state index in [-0.39, 0.29) is 11.3 Å². The fourth-order valence-electron chi connectivity index (χ4n) is 2.88. The Labute approximate surface area is 139 Å². The molecule has 22 heavy (non-hydrogen) atoms. The van der Waals surface area contributed by atoms with Gasteiger partial charge in [-0.15, -0.1) is 11.8 Å². The molecular formula is C19H29NOS.